The van der Waals surface area contributed by atoms with E-state index in [0.717, 1.165) is 31.1 Å². The first kappa shape index (κ1) is 18.1. The number of carbonyl (C=O) groups is 2. The molecule has 1 fully saturated rings. The largest absolute Gasteiger partial charge is 0.481 e. The molecule has 0 radical (unpaired) electrons. The van der Waals surface area contributed by atoms with Gasteiger partial charge < -0.3 is 15.7 Å². The summed E-state index contributed by atoms with van der Waals surface area (Å²) in [4.78, 5) is 25.5. The summed E-state index contributed by atoms with van der Waals surface area (Å²) in [5.74, 6) is 1.36. The minimum atomic E-state index is -1.05. The zero-order valence-corrected chi connectivity index (χ0v) is 14.2. The smallest absolute Gasteiger partial charge is 0.315 e. The van der Waals surface area contributed by atoms with Crippen LogP contribution in [0.1, 0.15) is 27.7 Å². The fraction of sp³-hybridized carbons (Fsp3) is 0.857. The van der Waals surface area contributed by atoms with Crippen molar-refractivity contribution in [2.45, 2.75) is 33.2 Å². The minimum absolute atomic E-state index is 0.319. The van der Waals surface area contributed by atoms with Gasteiger partial charge in [0.15, 0.2) is 0 Å². The molecule has 3 N–H and O–H groups in total. The molecule has 0 aromatic carbocycles. The lowest BCUT2D eigenvalue weighted by Crippen LogP contribution is -2.59. The number of nitrogens with one attached hydrogen (secondary N) is 2. The van der Waals surface area contributed by atoms with E-state index in [4.69, 9.17) is 0 Å². The molecule has 122 valence electrons. The predicted octanol–water partition coefficient (Wildman–Crippen LogP) is 1.22. The Labute approximate surface area is 131 Å². The van der Waals surface area contributed by atoms with Crippen molar-refractivity contribution in [2.75, 3.05) is 37.7 Å². The molecule has 7 heteroatoms. The Balaban J connectivity index is 2.37. The van der Waals surface area contributed by atoms with E-state index in [9.17, 15) is 14.7 Å². The van der Waals surface area contributed by atoms with Crippen molar-refractivity contribution >= 4 is 23.8 Å². The first-order valence-corrected chi connectivity index (χ1v) is 8.42. The van der Waals surface area contributed by atoms with E-state index < -0.39 is 16.9 Å². The quantitative estimate of drug-likeness (QED) is 0.686. The molecule has 0 aliphatic carbocycles. The third kappa shape index (κ3) is 5.07. The number of hydrogen-bond acceptors (Lipinski definition) is 4. The second kappa shape index (κ2) is 7.35. The molecule has 1 heterocycles. The van der Waals surface area contributed by atoms with E-state index in [0.29, 0.717) is 6.54 Å². The molecule has 21 heavy (non-hydrogen) atoms. The van der Waals surface area contributed by atoms with Crippen LogP contribution in [-0.4, -0.2) is 65.2 Å². The summed E-state index contributed by atoms with van der Waals surface area (Å²) < 4.78 is 0. The minimum Gasteiger partial charge on any atom is -0.481 e. The van der Waals surface area contributed by atoms with Crippen LogP contribution in [0.4, 0.5) is 4.79 Å². The van der Waals surface area contributed by atoms with Crippen molar-refractivity contribution in [3.05, 3.63) is 0 Å². The summed E-state index contributed by atoms with van der Waals surface area (Å²) in [7, 11) is 0. The second-order valence-corrected chi connectivity index (χ2v) is 7.61. The van der Waals surface area contributed by atoms with E-state index in [2.05, 4.69) is 15.5 Å². The summed E-state index contributed by atoms with van der Waals surface area (Å²) in [6, 6.07) is -0.319. The van der Waals surface area contributed by atoms with Crippen molar-refractivity contribution < 1.29 is 14.7 Å². The third-order valence-corrected chi connectivity index (χ3v) is 5.28. The monoisotopic (exact) mass is 317 g/mol. The fourth-order valence-electron chi connectivity index (χ4n) is 1.90. The van der Waals surface area contributed by atoms with Crippen LogP contribution in [0.2, 0.25) is 0 Å². The summed E-state index contributed by atoms with van der Waals surface area (Å²) in [5.41, 5.74) is -1.89. The van der Waals surface area contributed by atoms with Gasteiger partial charge in [-0.1, -0.05) is 0 Å². The molecular formula is C14H27N3O3S. The molecule has 0 aromatic rings. The van der Waals surface area contributed by atoms with Crippen molar-refractivity contribution in [1.82, 2.24) is 15.5 Å². The normalized spacial score (nSPS) is 17.3. The summed E-state index contributed by atoms with van der Waals surface area (Å²) in [5, 5.41) is 14.8. The first-order valence-electron chi connectivity index (χ1n) is 7.26. The van der Waals surface area contributed by atoms with Crippen LogP contribution in [0.5, 0.6) is 0 Å². The average Bonchev–Trinajstić information content (AvgIpc) is 2.38. The van der Waals surface area contributed by atoms with Gasteiger partial charge in [-0.05, 0) is 27.7 Å². The molecule has 1 rings (SSSR count). The molecule has 0 saturated carbocycles. The molecular weight excluding hydrogens is 290 g/mol. The molecule has 0 aromatic heterocycles. The SMILES string of the molecule is CC(C)(NC(=O)NCCN1CCSCC1)C(C)(C)C(=O)O. The Morgan fingerprint density at radius 3 is 2.29 bits per heavy atom. The van der Waals surface area contributed by atoms with Gasteiger partial charge in [0.05, 0.1) is 11.0 Å². The Morgan fingerprint density at radius 2 is 1.76 bits per heavy atom. The molecule has 0 unspecified atom stereocenters. The average molecular weight is 317 g/mol. The third-order valence-electron chi connectivity index (χ3n) is 4.34. The van der Waals surface area contributed by atoms with Gasteiger partial charge in [-0.15, -0.1) is 0 Å². The zero-order chi connectivity index (χ0) is 16.1. The lowest BCUT2D eigenvalue weighted by molar-refractivity contribution is -0.150. The standard InChI is InChI=1S/C14H27N3O3S/c1-13(2,11(18)19)14(3,4)16-12(20)15-5-6-17-7-9-21-10-8-17/h5-10H2,1-4H3,(H,18,19)(H2,15,16,20). The number of rotatable bonds is 6. The van der Waals surface area contributed by atoms with E-state index in [-0.39, 0.29) is 6.03 Å². The van der Waals surface area contributed by atoms with Crippen molar-refractivity contribution in [1.29, 1.82) is 0 Å². The van der Waals surface area contributed by atoms with Crippen molar-refractivity contribution in [3.63, 3.8) is 0 Å². The Morgan fingerprint density at radius 1 is 1.19 bits per heavy atom. The van der Waals surface area contributed by atoms with Crippen molar-refractivity contribution in [2.24, 2.45) is 5.41 Å². The molecule has 1 aliphatic rings. The van der Waals surface area contributed by atoms with Crippen LogP contribution in [0.25, 0.3) is 0 Å². The molecule has 0 bridgehead atoms. The van der Waals surface area contributed by atoms with Gasteiger partial charge in [0.1, 0.15) is 0 Å². The number of carboxylic acids is 1. The van der Waals surface area contributed by atoms with Gasteiger partial charge in [0.25, 0.3) is 0 Å². The number of amides is 2. The molecule has 1 saturated heterocycles. The maximum atomic E-state index is 11.9. The highest BCUT2D eigenvalue weighted by molar-refractivity contribution is 7.99. The lowest BCUT2D eigenvalue weighted by Gasteiger charge is -2.38. The van der Waals surface area contributed by atoms with Crippen LogP contribution in [0.3, 0.4) is 0 Å². The number of aliphatic carboxylic acids is 1. The Hall–Kier alpha value is -0.950. The van der Waals surface area contributed by atoms with Crippen LogP contribution in [0.15, 0.2) is 0 Å². The summed E-state index contributed by atoms with van der Waals surface area (Å²) in [6.45, 7) is 10.2. The molecule has 0 atom stereocenters. The molecule has 6 nitrogen and oxygen atoms in total. The molecule has 2 amide bonds. The number of thioether (sulfide) groups is 1. The maximum Gasteiger partial charge on any atom is 0.315 e. The fourth-order valence-corrected chi connectivity index (χ4v) is 2.88. The summed E-state index contributed by atoms with van der Waals surface area (Å²) in [6.07, 6.45) is 0. The number of carbonyl (C=O) groups excluding carboxylic acids is 1. The topological polar surface area (TPSA) is 81.7 Å². The van der Waals surface area contributed by atoms with Gasteiger partial charge in [-0.25, -0.2) is 4.79 Å². The molecule has 0 spiro atoms. The van der Waals surface area contributed by atoms with Gasteiger partial charge in [-0.3, -0.25) is 9.69 Å². The maximum absolute atomic E-state index is 11.9. The van der Waals surface area contributed by atoms with Crippen molar-refractivity contribution in [3.8, 4) is 0 Å². The van der Waals surface area contributed by atoms with Crippen LogP contribution >= 0.6 is 11.8 Å². The zero-order valence-electron chi connectivity index (χ0n) is 13.4. The van der Waals surface area contributed by atoms with Gasteiger partial charge in [-0.2, -0.15) is 11.8 Å². The summed E-state index contributed by atoms with van der Waals surface area (Å²) >= 11 is 1.95. The van der Waals surface area contributed by atoms with E-state index in [1.165, 1.54) is 0 Å². The van der Waals surface area contributed by atoms with Gasteiger partial charge in [0, 0.05) is 37.7 Å². The Kier molecular flexibility index (Phi) is 6.34. The highest BCUT2D eigenvalue weighted by atomic mass is 32.2. The van der Waals surface area contributed by atoms with Gasteiger partial charge in [0.2, 0.25) is 0 Å². The highest BCUT2D eigenvalue weighted by Crippen LogP contribution is 2.30. The second-order valence-electron chi connectivity index (χ2n) is 6.39. The van der Waals surface area contributed by atoms with E-state index in [1.54, 1.807) is 27.7 Å². The van der Waals surface area contributed by atoms with Gasteiger partial charge >= 0.3 is 12.0 Å². The number of nitrogens with zero attached hydrogens (tertiary/aromatic N) is 1. The lowest BCUT2D eigenvalue weighted by atomic mass is 9.74. The molecule has 1 aliphatic heterocycles. The Bertz CT molecular complexity index is 380. The number of urea groups is 1. The van der Waals surface area contributed by atoms with Crippen LogP contribution in [-0.2, 0) is 4.79 Å². The number of carboxylic acid groups (broad SMARTS) is 1. The van der Waals surface area contributed by atoms with E-state index >= 15 is 0 Å². The first-order chi connectivity index (χ1) is 9.67. The van der Waals surface area contributed by atoms with Crippen LogP contribution < -0.4 is 10.6 Å². The van der Waals surface area contributed by atoms with Crippen LogP contribution in [0, 0.1) is 5.41 Å². The highest BCUT2D eigenvalue weighted by Gasteiger charge is 2.44. The van der Waals surface area contributed by atoms with E-state index in [1.807, 2.05) is 11.8 Å². The number of hydrogen-bond donors (Lipinski definition) is 3. The predicted molar refractivity (Wildman–Crippen MR) is 85.8 cm³/mol.